The summed E-state index contributed by atoms with van der Waals surface area (Å²) in [5, 5.41) is 9.31. The van der Waals surface area contributed by atoms with E-state index in [1.807, 2.05) is 4.57 Å². The maximum absolute atomic E-state index is 13.1. The third-order valence-electron chi connectivity index (χ3n) is 3.17. The van der Waals surface area contributed by atoms with E-state index in [9.17, 15) is 9.50 Å². The molecule has 1 aromatic carbocycles. The Balaban J connectivity index is 2.23. The molecule has 1 aromatic heterocycles. The van der Waals surface area contributed by atoms with Gasteiger partial charge in [-0.2, -0.15) is 0 Å². The molecule has 0 saturated heterocycles. The van der Waals surface area contributed by atoms with Crippen molar-refractivity contribution >= 4 is 11.0 Å². The van der Waals surface area contributed by atoms with Crippen molar-refractivity contribution in [2.45, 2.75) is 45.8 Å². The minimum Gasteiger partial charge on any atom is -0.388 e. The van der Waals surface area contributed by atoms with Gasteiger partial charge < -0.3 is 9.67 Å². The van der Waals surface area contributed by atoms with Crippen LogP contribution in [0.25, 0.3) is 11.0 Å². The summed E-state index contributed by atoms with van der Waals surface area (Å²) in [6.45, 7) is 2.90. The molecule has 4 heteroatoms. The second kappa shape index (κ2) is 5.96. The fourth-order valence-corrected chi connectivity index (χ4v) is 2.22. The molecule has 1 heterocycles. The number of halogens is 1. The van der Waals surface area contributed by atoms with Crippen LogP contribution in [0, 0.1) is 5.82 Å². The largest absolute Gasteiger partial charge is 0.388 e. The van der Waals surface area contributed by atoms with Crippen molar-refractivity contribution in [1.82, 2.24) is 9.55 Å². The number of imidazole rings is 1. The van der Waals surface area contributed by atoms with E-state index >= 15 is 0 Å². The number of rotatable bonds is 6. The van der Waals surface area contributed by atoms with E-state index in [0.717, 1.165) is 18.5 Å². The molecule has 0 aliphatic heterocycles. The Kier molecular flexibility index (Phi) is 4.31. The molecule has 0 fully saturated rings. The monoisotopic (exact) mass is 250 g/mol. The standard InChI is InChI=1S/C14H19FN2O/c1-2-3-4-5-8-17-13-7-6-11(15)9-12(13)16-14(17)10-18/h6-7,9,18H,2-5,8,10H2,1H3. The molecule has 0 radical (unpaired) electrons. The molecule has 2 aromatic rings. The summed E-state index contributed by atoms with van der Waals surface area (Å²) >= 11 is 0. The van der Waals surface area contributed by atoms with E-state index in [1.54, 1.807) is 6.07 Å². The highest BCUT2D eigenvalue weighted by atomic mass is 19.1. The van der Waals surface area contributed by atoms with Crippen LogP contribution in [-0.2, 0) is 13.2 Å². The summed E-state index contributed by atoms with van der Waals surface area (Å²) in [4.78, 5) is 4.26. The molecule has 1 N–H and O–H groups in total. The Morgan fingerprint density at radius 1 is 1.28 bits per heavy atom. The average Bonchev–Trinajstić information content (AvgIpc) is 2.71. The van der Waals surface area contributed by atoms with E-state index in [-0.39, 0.29) is 12.4 Å². The maximum atomic E-state index is 13.1. The van der Waals surface area contributed by atoms with Crippen LogP contribution in [0.5, 0.6) is 0 Å². The van der Waals surface area contributed by atoms with Crippen molar-refractivity contribution in [3.63, 3.8) is 0 Å². The third-order valence-corrected chi connectivity index (χ3v) is 3.17. The van der Waals surface area contributed by atoms with Gasteiger partial charge >= 0.3 is 0 Å². The Hall–Kier alpha value is -1.42. The number of aliphatic hydroxyl groups excluding tert-OH is 1. The number of hydrogen-bond acceptors (Lipinski definition) is 2. The highest BCUT2D eigenvalue weighted by molar-refractivity contribution is 5.76. The van der Waals surface area contributed by atoms with Gasteiger partial charge in [-0.1, -0.05) is 26.2 Å². The third kappa shape index (κ3) is 2.70. The SMILES string of the molecule is CCCCCCn1c(CO)nc2cc(F)ccc21. The molecule has 18 heavy (non-hydrogen) atoms. The van der Waals surface area contributed by atoms with Crippen molar-refractivity contribution in [2.75, 3.05) is 0 Å². The molecule has 0 aliphatic carbocycles. The zero-order valence-corrected chi connectivity index (χ0v) is 10.7. The molecular weight excluding hydrogens is 231 g/mol. The van der Waals surface area contributed by atoms with Crippen LogP contribution < -0.4 is 0 Å². The molecule has 2 rings (SSSR count). The molecule has 0 saturated carbocycles. The molecule has 0 amide bonds. The van der Waals surface area contributed by atoms with Crippen molar-refractivity contribution in [1.29, 1.82) is 0 Å². The molecule has 0 unspecified atom stereocenters. The summed E-state index contributed by atoms with van der Waals surface area (Å²) in [6.07, 6.45) is 4.64. The molecule has 0 atom stereocenters. The Morgan fingerprint density at radius 3 is 2.83 bits per heavy atom. The second-order valence-electron chi connectivity index (χ2n) is 4.53. The van der Waals surface area contributed by atoms with E-state index in [4.69, 9.17) is 0 Å². The molecule has 3 nitrogen and oxygen atoms in total. The minimum atomic E-state index is -0.289. The number of nitrogens with zero attached hydrogens (tertiary/aromatic N) is 2. The van der Waals surface area contributed by atoms with E-state index < -0.39 is 0 Å². The Labute approximate surface area is 106 Å². The van der Waals surface area contributed by atoms with Gasteiger partial charge in [-0.25, -0.2) is 9.37 Å². The summed E-state index contributed by atoms with van der Waals surface area (Å²) in [7, 11) is 0. The number of fused-ring (bicyclic) bond motifs is 1. The fourth-order valence-electron chi connectivity index (χ4n) is 2.22. The molecule has 0 bridgehead atoms. The van der Waals surface area contributed by atoms with Gasteiger partial charge in [-0.3, -0.25) is 0 Å². The van der Waals surface area contributed by atoms with Gasteiger partial charge in [-0.05, 0) is 18.6 Å². The van der Waals surface area contributed by atoms with Crippen molar-refractivity contribution in [3.05, 3.63) is 29.8 Å². The molecule has 0 aliphatic rings. The lowest BCUT2D eigenvalue weighted by Gasteiger charge is -2.07. The predicted octanol–water partition coefficient (Wildman–Crippen LogP) is 3.25. The van der Waals surface area contributed by atoms with Gasteiger partial charge in [0.2, 0.25) is 0 Å². The van der Waals surface area contributed by atoms with Crippen LogP contribution in [0.3, 0.4) is 0 Å². The summed E-state index contributed by atoms with van der Waals surface area (Å²) in [5.74, 6) is 0.328. The van der Waals surface area contributed by atoms with Crippen LogP contribution in [0.1, 0.15) is 38.4 Å². The molecule has 98 valence electrons. The van der Waals surface area contributed by atoms with Gasteiger partial charge in [0.15, 0.2) is 0 Å². The van der Waals surface area contributed by atoms with Crippen LogP contribution in [-0.4, -0.2) is 14.7 Å². The first kappa shape index (κ1) is 13.0. The fraction of sp³-hybridized carbons (Fsp3) is 0.500. The number of aliphatic hydroxyl groups is 1. The number of aromatic nitrogens is 2. The maximum Gasteiger partial charge on any atom is 0.135 e. The van der Waals surface area contributed by atoms with Gasteiger partial charge in [0.05, 0.1) is 11.0 Å². The van der Waals surface area contributed by atoms with Crippen LogP contribution in [0.4, 0.5) is 4.39 Å². The topological polar surface area (TPSA) is 38.0 Å². The lowest BCUT2D eigenvalue weighted by Crippen LogP contribution is -2.04. The van der Waals surface area contributed by atoms with Crippen molar-refractivity contribution in [3.8, 4) is 0 Å². The zero-order chi connectivity index (χ0) is 13.0. The molecular formula is C14H19FN2O. The smallest absolute Gasteiger partial charge is 0.135 e. The lowest BCUT2D eigenvalue weighted by molar-refractivity contribution is 0.265. The predicted molar refractivity (Wildman–Crippen MR) is 69.8 cm³/mol. The van der Waals surface area contributed by atoms with Gasteiger partial charge in [-0.15, -0.1) is 0 Å². The number of aryl methyl sites for hydroxylation is 1. The van der Waals surface area contributed by atoms with Gasteiger partial charge in [0, 0.05) is 12.6 Å². The van der Waals surface area contributed by atoms with Crippen molar-refractivity contribution < 1.29 is 9.50 Å². The average molecular weight is 250 g/mol. The zero-order valence-electron chi connectivity index (χ0n) is 10.7. The Morgan fingerprint density at radius 2 is 2.11 bits per heavy atom. The van der Waals surface area contributed by atoms with Gasteiger partial charge in [0.25, 0.3) is 0 Å². The number of hydrogen-bond donors (Lipinski definition) is 1. The summed E-state index contributed by atoms with van der Waals surface area (Å²) in [6, 6.07) is 4.58. The van der Waals surface area contributed by atoms with Crippen LogP contribution in [0.15, 0.2) is 18.2 Å². The van der Waals surface area contributed by atoms with Crippen LogP contribution in [0.2, 0.25) is 0 Å². The first-order valence-electron chi connectivity index (χ1n) is 6.51. The highest BCUT2D eigenvalue weighted by Crippen LogP contribution is 2.18. The van der Waals surface area contributed by atoms with E-state index in [2.05, 4.69) is 11.9 Å². The van der Waals surface area contributed by atoms with Gasteiger partial charge in [0.1, 0.15) is 18.2 Å². The minimum absolute atomic E-state index is 0.107. The van der Waals surface area contributed by atoms with E-state index in [1.165, 1.54) is 31.4 Å². The first-order chi connectivity index (χ1) is 8.76. The summed E-state index contributed by atoms with van der Waals surface area (Å²) < 4.78 is 15.1. The Bertz CT molecular complexity index is 522. The van der Waals surface area contributed by atoms with E-state index in [0.29, 0.717) is 11.3 Å². The number of benzene rings is 1. The molecule has 0 spiro atoms. The second-order valence-corrected chi connectivity index (χ2v) is 4.53. The highest BCUT2D eigenvalue weighted by Gasteiger charge is 2.10. The van der Waals surface area contributed by atoms with Crippen LogP contribution >= 0.6 is 0 Å². The van der Waals surface area contributed by atoms with Crippen molar-refractivity contribution in [2.24, 2.45) is 0 Å². The summed E-state index contributed by atoms with van der Waals surface area (Å²) in [5.41, 5.74) is 1.52. The quantitative estimate of drug-likeness (QED) is 0.799. The first-order valence-corrected chi connectivity index (χ1v) is 6.51. The number of unbranched alkanes of at least 4 members (excludes halogenated alkanes) is 3. The lowest BCUT2D eigenvalue weighted by atomic mass is 10.2. The normalized spacial score (nSPS) is 11.3.